The lowest BCUT2D eigenvalue weighted by atomic mass is 10.2. The number of aromatic nitrogens is 2. The minimum absolute atomic E-state index is 0.0517. The van der Waals surface area contributed by atoms with Crippen molar-refractivity contribution in [2.24, 2.45) is 0 Å². The second-order valence-corrected chi connectivity index (χ2v) is 8.58. The van der Waals surface area contributed by atoms with Gasteiger partial charge >= 0.3 is 0 Å². The number of hydrogen-bond donors (Lipinski definition) is 0. The number of amides is 1. The lowest BCUT2D eigenvalue weighted by Gasteiger charge is -2.21. The van der Waals surface area contributed by atoms with Crippen LogP contribution in [0.15, 0.2) is 36.0 Å². The molecular weight excluding hydrogens is 406 g/mol. The predicted molar refractivity (Wildman–Crippen MR) is 109 cm³/mol. The van der Waals surface area contributed by atoms with E-state index in [1.165, 1.54) is 11.3 Å². The van der Waals surface area contributed by atoms with Crippen LogP contribution in [-0.2, 0) is 9.47 Å². The molecule has 0 unspecified atom stereocenters. The van der Waals surface area contributed by atoms with E-state index in [4.69, 9.17) is 18.9 Å². The monoisotopic (exact) mass is 427 g/mol. The number of carbonyl (C=O) groups excluding carboxylic acids is 1. The van der Waals surface area contributed by atoms with Gasteiger partial charge in [0.05, 0.1) is 36.6 Å². The molecule has 9 heteroatoms. The first kappa shape index (κ1) is 18.2. The van der Waals surface area contributed by atoms with Crippen LogP contribution in [0.4, 0.5) is 0 Å². The molecule has 156 valence electrons. The van der Waals surface area contributed by atoms with Crippen molar-refractivity contribution in [3.05, 3.63) is 40.8 Å². The van der Waals surface area contributed by atoms with Gasteiger partial charge in [-0.1, -0.05) is 12.1 Å². The Labute approximate surface area is 176 Å². The van der Waals surface area contributed by atoms with Gasteiger partial charge in [-0.15, -0.1) is 11.3 Å². The first-order valence-electron chi connectivity index (χ1n) is 10.1. The minimum Gasteiger partial charge on any atom is -0.485 e. The summed E-state index contributed by atoms with van der Waals surface area (Å²) in [5.74, 6) is 1.17. The molecule has 0 spiro atoms. The Morgan fingerprint density at radius 2 is 1.83 bits per heavy atom. The number of likely N-dealkylation sites (tertiary alicyclic amines) is 1. The average molecular weight is 427 g/mol. The summed E-state index contributed by atoms with van der Waals surface area (Å²) in [7, 11) is 0. The number of para-hydroxylation sites is 2. The van der Waals surface area contributed by atoms with Crippen LogP contribution in [0, 0.1) is 0 Å². The fraction of sp³-hybridized carbons (Fsp3) is 0.429. The van der Waals surface area contributed by atoms with Gasteiger partial charge < -0.3 is 28.4 Å². The van der Waals surface area contributed by atoms with Crippen molar-refractivity contribution < 1.29 is 23.7 Å². The molecule has 30 heavy (non-hydrogen) atoms. The van der Waals surface area contributed by atoms with Crippen LogP contribution in [-0.4, -0.2) is 72.1 Å². The summed E-state index contributed by atoms with van der Waals surface area (Å²) in [6, 6.07) is 8.11. The molecule has 0 aliphatic carbocycles. The van der Waals surface area contributed by atoms with E-state index in [0.29, 0.717) is 55.9 Å². The molecule has 2 fully saturated rings. The highest BCUT2D eigenvalue weighted by molar-refractivity contribution is 7.12. The second kappa shape index (κ2) is 7.26. The van der Waals surface area contributed by atoms with Gasteiger partial charge in [0.15, 0.2) is 11.5 Å². The molecule has 5 heterocycles. The van der Waals surface area contributed by atoms with Crippen molar-refractivity contribution in [1.29, 1.82) is 0 Å². The highest BCUT2D eigenvalue weighted by atomic mass is 32.1. The summed E-state index contributed by atoms with van der Waals surface area (Å²) in [6.45, 7) is 3.04. The molecule has 0 radical (unpaired) electrons. The molecule has 1 aromatic carbocycles. The molecular formula is C21H21N3O5S. The summed E-state index contributed by atoms with van der Waals surface area (Å²) in [6.07, 6.45) is 1.57. The maximum absolute atomic E-state index is 13.1. The van der Waals surface area contributed by atoms with Gasteiger partial charge in [0, 0.05) is 18.5 Å². The number of fused-ring (bicyclic) bond motifs is 3. The molecule has 0 bridgehead atoms. The lowest BCUT2D eigenvalue weighted by molar-refractivity contribution is -0.00461. The first-order valence-corrected chi connectivity index (χ1v) is 11.0. The van der Waals surface area contributed by atoms with Gasteiger partial charge in [-0.25, -0.2) is 4.98 Å². The third-order valence-electron chi connectivity index (χ3n) is 5.88. The number of carbonyl (C=O) groups is 1. The van der Waals surface area contributed by atoms with Crippen molar-refractivity contribution >= 4 is 28.3 Å². The highest BCUT2D eigenvalue weighted by Gasteiger charge is 2.41. The molecule has 2 aromatic heterocycles. The van der Waals surface area contributed by atoms with Crippen LogP contribution in [0.2, 0.25) is 0 Å². The molecule has 3 aliphatic heterocycles. The Morgan fingerprint density at radius 3 is 2.67 bits per heavy atom. The van der Waals surface area contributed by atoms with Crippen LogP contribution in [0.1, 0.15) is 15.7 Å². The van der Waals surface area contributed by atoms with Crippen molar-refractivity contribution in [1.82, 2.24) is 14.5 Å². The first-order chi connectivity index (χ1) is 14.8. The normalized spacial score (nSPS) is 24.1. The molecule has 3 aliphatic rings. The van der Waals surface area contributed by atoms with E-state index in [1.807, 2.05) is 29.9 Å². The average Bonchev–Trinajstić information content (AvgIpc) is 3.48. The molecule has 6 rings (SSSR count). The lowest BCUT2D eigenvalue weighted by Crippen LogP contribution is -2.31. The van der Waals surface area contributed by atoms with E-state index in [9.17, 15) is 4.79 Å². The Balaban J connectivity index is 1.16. The van der Waals surface area contributed by atoms with E-state index in [0.717, 1.165) is 11.0 Å². The Kier molecular flexibility index (Phi) is 4.40. The summed E-state index contributed by atoms with van der Waals surface area (Å²) in [4.78, 5) is 19.9. The van der Waals surface area contributed by atoms with Gasteiger partial charge in [-0.05, 0) is 12.1 Å². The number of thiophene rings is 1. The summed E-state index contributed by atoms with van der Waals surface area (Å²) in [5.41, 5.74) is 2.03. The zero-order chi connectivity index (χ0) is 20.1. The number of nitrogens with zero attached hydrogens (tertiary/aromatic N) is 3. The smallest absolute Gasteiger partial charge is 0.268 e. The van der Waals surface area contributed by atoms with Crippen molar-refractivity contribution in [3.63, 3.8) is 0 Å². The SMILES string of the molecule is O=C(c1scc2c1OCCO2)N1C[C@@H]2OCC(n3cnc4ccccc43)CO[C@H]2C1. The Hall–Kier alpha value is -2.62. The fourth-order valence-corrected chi connectivity index (χ4v) is 5.23. The van der Waals surface area contributed by atoms with Gasteiger partial charge in [0.1, 0.15) is 30.3 Å². The van der Waals surface area contributed by atoms with Crippen molar-refractivity contribution in [2.45, 2.75) is 18.2 Å². The largest absolute Gasteiger partial charge is 0.485 e. The van der Waals surface area contributed by atoms with E-state index >= 15 is 0 Å². The number of benzene rings is 1. The molecule has 0 N–H and O–H groups in total. The van der Waals surface area contributed by atoms with Crippen LogP contribution in [0.3, 0.4) is 0 Å². The van der Waals surface area contributed by atoms with Gasteiger partial charge in [0.25, 0.3) is 5.91 Å². The quantitative estimate of drug-likeness (QED) is 0.625. The van der Waals surface area contributed by atoms with Gasteiger partial charge in [-0.2, -0.15) is 0 Å². The second-order valence-electron chi connectivity index (χ2n) is 7.70. The Morgan fingerprint density at radius 1 is 1.07 bits per heavy atom. The van der Waals surface area contributed by atoms with E-state index in [-0.39, 0.29) is 24.2 Å². The third kappa shape index (κ3) is 2.96. The third-order valence-corrected chi connectivity index (χ3v) is 6.81. The number of rotatable bonds is 2. The van der Waals surface area contributed by atoms with Crippen LogP contribution in [0.5, 0.6) is 11.5 Å². The topological polar surface area (TPSA) is 75.0 Å². The summed E-state index contributed by atoms with van der Waals surface area (Å²) in [5, 5.41) is 1.84. The standard InChI is InChI=1S/C21H21N3O5S/c25-21(20-19-18(11-30-20)26-5-6-27-19)23-7-16-17(8-23)29-10-13(9-28-16)24-12-22-14-3-1-2-4-15(14)24/h1-4,11-13,16-17H,5-10H2/t16-,17-/m0/s1. The fourth-order valence-electron chi connectivity index (χ4n) is 4.33. The van der Waals surface area contributed by atoms with Crippen LogP contribution >= 0.6 is 11.3 Å². The summed E-state index contributed by atoms with van der Waals surface area (Å²) >= 11 is 1.36. The number of imidazole rings is 1. The maximum atomic E-state index is 13.1. The van der Waals surface area contributed by atoms with Crippen molar-refractivity contribution in [3.8, 4) is 11.5 Å². The van der Waals surface area contributed by atoms with E-state index in [1.54, 1.807) is 4.90 Å². The summed E-state index contributed by atoms with van der Waals surface area (Å²) < 4.78 is 25.8. The Bertz CT molecular complexity index is 1080. The molecule has 1 amide bonds. The van der Waals surface area contributed by atoms with Crippen LogP contribution in [0.25, 0.3) is 11.0 Å². The predicted octanol–water partition coefficient (Wildman–Crippen LogP) is 2.35. The van der Waals surface area contributed by atoms with Crippen molar-refractivity contribution in [2.75, 3.05) is 39.5 Å². The molecule has 2 saturated heterocycles. The maximum Gasteiger partial charge on any atom is 0.268 e. The molecule has 2 atom stereocenters. The van der Waals surface area contributed by atoms with E-state index < -0.39 is 0 Å². The van der Waals surface area contributed by atoms with E-state index in [2.05, 4.69) is 15.6 Å². The zero-order valence-corrected chi connectivity index (χ0v) is 17.0. The number of ether oxygens (including phenoxy) is 4. The highest BCUT2D eigenvalue weighted by Crippen LogP contribution is 2.40. The van der Waals surface area contributed by atoms with Crippen LogP contribution < -0.4 is 9.47 Å². The zero-order valence-electron chi connectivity index (χ0n) is 16.2. The van der Waals surface area contributed by atoms with Gasteiger partial charge in [-0.3, -0.25) is 4.79 Å². The molecule has 3 aromatic rings. The van der Waals surface area contributed by atoms with Gasteiger partial charge in [0.2, 0.25) is 0 Å². The number of hydrogen-bond acceptors (Lipinski definition) is 7. The molecule has 8 nitrogen and oxygen atoms in total. The molecule has 0 saturated carbocycles. The minimum atomic E-state index is -0.137.